The summed E-state index contributed by atoms with van der Waals surface area (Å²) in [5.74, 6) is 2.34. The minimum atomic E-state index is 0.0579. The van der Waals surface area contributed by atoms with Gasteiger partial charge in [-0.15, -0.1) is 0 Å². The van der Waals surface area contributed by atoms with E-state index < -0.39 is 0 Å². The van der Waals surface area contributed by atoms with E-state index in [4.69, 9.17) is 10.1 Å². The van der Waals surface area contributed by atoms with Crippen molar-refractivity contribution in [1.82, 2.24) is 24.6 Å². The summed E-state index contributed by atoms with van der Waals surface area (Å²) in [5.41, 5.74) is 6.37. The molecule has 0 spiro atoms. The zero-order valence-electron chi connectivity index (χ0n) is 22.3. The molecule has 2 aromatic heterocycles. The molecule has 0 atom stereocenters. The van der Waals surface area contributed by atoms with E-state index in [0.29, 0.717) is 30.6 Å². The van der Waals surface area contributed by atoms with E-state index in [1.165, 1.54) is 11.3 Å². The van der Waals surface area contributed by atoms with E-state index >= 15 is 0 Å². The first-order valence-electron chi connectivity index (χ1n) is 13.6. The van der Waals surface area contributed by atoms with Crippen molar-refractivity contribution in [2.24, 2.45) is 0 Å². The lowest BCUT2D eigenvalue weighted by Crippen LogP contribution is -2.29. The third kappa shape index (κ3) is 4.74. The van der Waals surface area contributed by atoms with Crippen molar-refractivity contribution < 1.29 is 4.79 Å². The van der Waals surface area contributed by atoms with E-state index in [1.807, 2.05) is 23.0 Å². The fraction of sp³-hybridized carbons (Fsp3) is 0.355. The highest BCUT2D eigenvalue weighted by atomic mass is 16.2. The second-order valence-electron chi connectivity index (χ2n) is 10.9. The second-order valence-corrected chi connectivity index (χ2v) is 10.9. The van der Waals surface area contributed by atoms with Gasteiger partial charge >= 0.3 is 0 Å². The molecule has 7 nitrogen and oxygen atoms in total. The van der Waals surface area contributed by atoms with Crippen molar-refractivity contribution in [2.75, 3.05) is 25.0 Å². The first kappa shape index (κ1) is 24.5. The average Bonchev–Trinajstić information content (AvgIpc) is 3.54. The quantitative estimate of drug-likeness (QED) is 0.353. The maximum absolute atomic E-state index is 13.0. The van der Waals surface area contributed by atoms with Crippen LogP contribution in [-0.2, 0) is 17.8 Å². The molecule has 1 fully saturated rings. The van der Waals surface area contributed by atoms with Crippen LogP contribution in [0.15, 0.2) is 67.0 Å². The Bertz CT molecular complexity index is 1450. The molecule has 0 N–H and O–H groups in total. The fourth-order valence-corrected chi connectivity index (χ4v) is 5.57. The molecule has 1 saturated heterocycles. The van der Waals surface area contributed by atoms with Gasteiger partial charge in [0.05, 0.1) is 24.3 Å². The number of fused-ring (bicyclic) bond motifs is 1. The zero-order valence-corrected chi connectivity index (χ0v) is 22.3. The molecule has 1 amide bonds. The van der Waals surface area contributed by atoms with E-state index in [0.717, 1.165) is 54.1 Å². The van der Waals surface area contributed by atoms with Gasteiger partial charge in [-0.3, -0.25) is 9.69 Å². The van der Waals surface area contributed by atoms with Crippen LogP contribution in [0, 0.1) is 0 Å². The first-order chi connectivity index (χ1) is 18.5. The lowest BCUT2D eigenvalue weighted by atomic mass is 9.94. The molecule has 4 heterocycles. The number of aromatic nitrogens is 4. The van der Waals surface area contributed by atoms with E-state index in [1.54, 1.807) is 4.90 Å². The summed E-state index contributed by atoms with van der Waals surface area (Å²) in [7, 11) is 2.18. The number of nitrogens with zero attached hydrogens (tertiary/aromatic N) is 6. The molecular formula is C31H34N6O. The minimum absolute atomic E-state index is 0.0579. The molecule has 7 heteroatoms. The third-order valence-electron chi connectivity index (χ3n) is 7.85. The van der Waals surface area contributed by atoms with Crippen molar-refractivity contribution in [2.45, 2.75) is 51.5 Å². The highest BCUT2D eigenvalue weighted by Crippen LogP contribution is 2.33. The number of rotatable bonds is 6. The molecule has 2 aromatic carbocycles. The Morgan fingerprint density at radius 2 is 1.76 bits per heavy atom. The number of carbonyl (C=O) groups excluding carboxylic acids is 1. The Hall–Kier alpha value is -3.84. The predicted octanol–water partition coefficient (Wildman–Crippen LogP) is 5.35. The van der Waals surface area contributed by atoms with Crippen LogP contribution in [-0.4, -0.2) is 50.7 Å². The van der Waals surface area contributed by atoms with Gasteiger partial charge < -0.3 is 4.90 Å². The van der Waals surface area contributed by atoms with Gasteiger partial charge in [-0.1, -0.05) is 50.2 Å². The molecule has 6 rings (SSSR count). The second kappa shape index (κ2) is 10.1. The molecule has 0 bridgehead atoms. The molecule has 4 aromatic rings. The van der Waals surface area contributed by atoms with Gasteiger partial charge in [0.2, 0.25) is 5.91 Å². The molecule has 0 saturated carbocycles. The minimum Gasteiger partial charge on any atom is -0.306 e. The van der Waals surface area contributed by atoms with Gasteiger partial charge in [0.15, 0.2) is 5.82 Å². The van der Waals surface area contributed by atoms with Crippen molar-refractivity contribution >= 4 is 11.7 Å². The smallest absolute Gasteiger partial charge is 0.233 e. The molecule has 2 aliphatic heterocycles. The number of piperidine rings is 1. The maximum atomic E-state index is 13.0. The van der Waals surface area contributed by atoms with E-state index in [2.05, 4.69) is 79.4 Å². The lowest BCUT2D eigenvalue weighted by molar-refractivity contribution is -0.117. The predicted molar refractivity (Wildman–Crippen MR) is 149 cm³/mol. The first-order valence-corrected chi connectivity index (χ1v) is 13.6. The molecule has 2 aliphatic rings. The Morgan fingerprint density at radius 3 is 2.53 bits per heavy atom. The van der Waals surface area contributed by atoms with Crippen molar-refractivity contribution in [1.29, 1.82) is 0 Å². The van der Waals surface area contributed by atoms with Crippen molar-refractivity contribution in [3.63, 3.8) is 0 Å². The molecular weight excluding hydrogens is 472 g/mol. The standard InChI is InChI=1S/C31H34N6O/c1-21(2)26-6-4-5-7-27(26)30-32-19-24-18-29(38)36(31(24)33-30)20-22-8-10-25(11-9-22)37-17-14-28(34-37)23-12-15-35(3)16-13-23/h4-11,14,17,19,21,23H,12-13,15-16,18,20H2,1-3H3. The SMILES string of the molecule is CC(C)c1ccccc1-c1ncc2c(n1)N(Cc1ccc(-n3ccc(C4CCN(C)CC4)n3)cc1)C(=O)C2. The monoisotopic (exact) mass is 506 g/mol. The van der Waals surface area contributed by atoms with E-state index in [-0.39, 0.29) is 5.91 Å². The Morgan fingerprint density at radius 1 is 1.00 bits per heavy atom. The van der Waals surface area contributed by atoms with Crippen LogP contribution in [0.25, 0.3) is 17.1 Å². The fourth-order valence-electron chi connectivity index (χ4n) is 5.57. The molecule has 0 aliphatic carbocycles. The summed E-state index contributed by atoms with van der Waals surface area (Å²) >= 11 is 0. The van der Waals surface area contributed by atoms with Crippen molar-refractivity contribution in [3.8, 4) is 17.1 Å². The summed E-state index contributed by atoms with van der Waals surface area (Å²) < 4.78 is 1.96. The van der Waals surface area contributed by atoms with Gasteiger partial charge in [-0.25, -0.2) is 14.6 Å². The van der Waals surface area contributed by atoms with E-state index in [9.17, 15) is 4.79 Å². The highest BCUT2D eigenvalue weighted by molar-refractivity contribution is 6.00. The van der Waals surface area contributed by atoms with Crippen LogP contribution in [0.1, 0.15) is 60.9 Å². The summed E-state index contributed by atoms with van der Waals surface area (Å²) in [6.07, 6.45) is 6.52. The summed E-state index contributed by atoms with van der Waals surface area (Å²) in [6, 6.07) is 18.7. The van der Waals surface area contributed by atoms with Gasteiger partial charge in [0.1, 0.15) is 5.82 Å². The number of amides is 1. The highest BCUT2D eigenvalue weighted by Gasteiger charge is 2.30. The maximum Gasteiger partial charge on any atom is 0.233 e. The number of hydrogen-bond donors (Lipinski definition) is 0. The Labute approximate surface area is 224 Å². The van der Waals surface area contributed by atoms with Gasteiger partial charge in [-0.05, 0) is 68.2 Å². The summed E-state index contributed by atoms with van der Waals surface area (Å²) in [5, 5.41) is 4.88. The largest absolute Gasteiger partial charge is 0.306 e. The zero-order chi connectivity index (χ0) is 26.2. The number of hydrogen-bond acceptors (Lipinski definition) is 5. The molecule has 0 unspecified atom stereocenters. The number of likely N-dealkylation sites (tertiary alicyclic amines) is 1. The van der Waals surface area contributed by atoms with Crippen LogP contribution >= 0.6 is 0 Å². The van der Waals surface area contributed by atoms with Crippen LogP contribution in [0.5, 0.6) is 0 Å². The van der Waals surface area contributed by atoms with Crippen LogP contribution in [0.2, 0.25) is 0 Å². The summed E-state index contributed by atoms with van der Waals surface area (Å²) in [4.78, 5) is 26.6. The topological polar surface area (TPSA) is 67.2 Å². The third-order valence-corrected chi connectivity index (χ3v) is 7.85. The Kier molecular flexibility index (Phi) is 6.54. The number of benzene rings is 2. The van der Waals surface area contributed by atoms with Crippen molar-refractivity contribution in [3.05, 3.63) is 89.4 Å². The number of carbonyl (C=O) groups is 1. The van der Waals surface area contributed by atoms with Gasteiger partial charge in [-0.2, -0.15) is 5.10 Å². The molecule has 194 valence electrons. The number of anilines is 1. The van der Waals surface area contributed by atoms with Gasteiger partial charge in [0, 0.05) is 29.4 Å². The van der Waals surface area contributed by atoms with Crippen LogP contribution in [0.3, 0.4) is 0 Å². The van der Waals surface area contributed by atoms with Gasteiger partial charge in [0.25, 0.3) is 0 Å². The molecule has 0 radical (unpaired) electrons. The lowest BCUT2D eigenvalue weighted by Gasteiger charge is -2.27. The van der Waals surface area contributed by atoms with Crippen LogP contribution in [0.4, 0.5) is 5.82 Å². The Balaban J connectivity index is 1.20. The summed E-state index contributed by atoms with van der Waals surface area (Å²) in [6.45, 7) is 7.08. The molecule has 38 heavy (non-hydrogen) atoms. The average molecular weight is 507 g/mol. The normalized spacial score (nSPS) is 16.4. The van der Waals surface area contributed by atoms with Crippen LogP contribution < -0.4 is 4.90 Å².